The van der Waals surface area contributed by atoms with Gasteiger partial charge in [-0.3, -0.25) is 0 Å². The molecule has 134 valence electrons. The number of ether oxygens (including phenoxy) is 1. The first-order chi connectivity index (χ1) is 12.5. The van der Waals surface area contributed by atoms with E-state index in [4.69, 9.17) is 16.3 Å². The van der Waals surface area contributed by atoms with Crippen molar-refractivity contribution in [3.63, 3.8) is 0 Å². The summed E-state index contributed by atoms with van der Waals surface area (Å²) in [5, 5.41) is 1.45. The molecule has 1 aromatic heterocycles. The fourth-order valence-corrected chi connectivity index (χ4v) is 3.29. The molecule has 0 aliphatic carbocycles. The molecule has 0 bridgehead atoms. The molecule has 26 heavy (non-hydrogen) atoms. The lowest BCUT2D eigenvalue weighted by molar-refractivity contribution is 0.452. The summed E-state index contributed by atoms with van der Waals surface area (Å²) in [6.45, 7) is 6.18. The summed E-state index contributed by atoms with van der Waals surface area (Å²) in [7, 11) is 0. The van der Waals surface area contributed by atoms with Crippen molar-refractivity contribution < 1.29 is 4.74 Å². The summed E-state index contributed by atoms with van der Waals surface area (Å²) >= 11 is 7.70. The lowest BCUT2D eigenvalue weighted by atomic mass is 10.1. The third-order valence-corrected chi connectivity index (χ3v) is 5.20. The van der Waals surface area contributed by atoms with E-state index in [0.717, 1.165) is 32.9 Å². The van der Waals surface area contributed by atoms with Crippen molar-refractivity contribution in [2.24, 2.45) is 0 Å². The summed E-state index contributed by atoms with van der Waals surface area (Å²) in [6, 6.07) is 17.8. The van der Waals surface area contributed by atoms with Crippen LogP contribution in [0.2, 0.25) is 5.02 Å². The van der Waals surface area contributed by atoms with E-state index in [9.17, 15) is 0 Å². The summed E-state index contributed by atoms with van der Waals surface area (Å²) in [4.78, 5) is 9.25. The molecule has 0 N–H and O–H groups in total. The quantitative estimate of drug-likeness (QED) is 0.352. The van der Waals surface area contributed by atoms with Crippen LogP contribution in [0, 0.1) is 6.92 Å². The third-order valence-electron chi connectivity index (χ3n) is 3.86. The van der Waals surface area contributed by atoms with Crippen molar-refractivity contribution in [1.29, 1.82) is 0 Å². The molecule has 0 amide bonds. The van der Waals surface area contributed by atoms with Gasteiger partial charge in [-0.15, -0.1) is 0 Å². The Bertz CT molecular complexity index is 884. The molecule has 0 aliphatic rings. The maximum atomic E-state index is 6.09. The van der Waals surface area contributed by atoms with Crippen LogP contribution in [0.15, 0.2) is 59.8 Å². The summed E-state index contributed by atoms with van der Waals surface area (Å²) in [5.41, 5.74) is 3.18. The molecule has 0 saturated heterocycles. The SMILES string of the molecule is Cc1cc(Oc2cc(C(C)C)nc(SCc3ccccc3)n2)ccc1Cl. The van der Waals surface area contributed by atoms with Crippen molar-refractivity contribution in [2.75, 3.05) is 0 Å². The van der Waals surface area contributed by atoms with Crippen LogP contribution in [0.3, 0.4) is 0 Å². The second-order valence-corrected chi connectivity index (χ2v) is 7.71. The first-order valence-electron chi connectivity index (χ1n) is 8.51. The Balaban J connectivity index is 1.82. The third kappa shape index (κ3) is 4.99. The lowest BCUT2D eigenvalue weighted by Crippen LogP contribution is -2.00. The Morgan fingerprint density at radius 1 is 1.04 bits per heavy atom. The van der Waals surface area contributed by atoms with E-state index in [2.05, 4.69) is 35.9 Å². The topological polar surface area (TPSA) is 35.0 Å². The van der Waals surface area contributed by atoms with E-state index in [-0.39, 0.29) is 0 Å². The molecular formula is C21H21ClN2OS. The molecule has 1 heterocycles. The molecular weight excluding hydrogens is 364 g/mol. The van der Waals surface area contributed by atoms with Gasteiger partial charge in [0, 0.05) is 16.8 Å². The van der Waals surface area contributed by atoms with Gasteiger partial charge in [-0.2, -0.15) is 4.98 Å². The van der Waals surface area contributed by atoms with Gasteiger partial charge in [0.25, 0.3) is 0 Å². The number of nitrogens with zero attached hydrogens (tertiary/aromatic N) is 2. The van der Waals surface area contributed by atoms with E-state index in [1.54, 1.807) is 11.8 Å². The Kier molecular flexibility index (Phi) is 6.17. The van der Waals surface area contributed by atoms with E-state index in [1.807, 2.05) is 49.4 Å². The maximum Gasteiger partial charge on any atom is 0.223 e. The number of hydrogen-bond acceptors (Lipinski definition) is 4. The van der Waals surface area contributed by atoms with Gasteiger partial charge >= 0.3 is 0 Å². The number of aryl methyl sites for hydroxylation is 1. The molecule has 0 spiro atoms. The molecule has 0 atom stereocenters. The van der Waals surface area contributed by atoms with Crippen LogP contribution < -0.4 is 4.74 Å². The number of halogens is 1. The number of rotatable bonds is 6. The van der Waals surface area contributed by atoms with Gasteiger partial charge < -0.3 is 4.74 Å². The average Bonchev–Trinajstić information content (AvgIpc) is 2.64. The normalized spacial score (nSPS) is 11.0. The van der Waals surface area contributed by atoms with Gasteiger partial charge in [0.2, 0.25) is 5.88 Å². The summed E-state index contributed by atoms with van der Waals surface area (Å²) in [5.74, 6) is 2.39. The second-order valence-electron chi connectivity index (χ2n) is 6.36. The van der Waals surface area contributed by atoms with Gasteiger partial charge in [0.05, 0.1) is 5.69 Å². The van der Waals surface area contributed by atoms with Crippen LogP contribution in [0.4, 0.5) is 0 Å². The smallest absolute Gasteiger partial charge is 0.223 e. The van der Waals surface area contributed by atoms with Crippen molar-refractivity contribution >= 4 is 23.4 Å². The van der Waals surface area contributed by atoms with Crippen LogP contribution in [-0.4, -0.2) is 9.97 Å². The van der Waals surface area contributed by atoms with Gasteiger partial charge in [-0.05, 0) is 42.2 Å². The monoisotopic (exact) mass is 384 g/mol. The molecule has 0 unspecified atom stereocenters. The minimum atomic E-state index is 0.295. The Morgan fingerprint density at radius 3 is 2.50 bits per heavy atom. The van der Waals surface area contributed by atoms with Gasteiger partial charge in [-0.1, -0.05) is 67.5 Å². The van der Waals surface area contributed by atoms with Crippen molar-refractivity contribution in [3.05, 3.63) is 76.4 Å². The zero-order valence-corrected chi connectivity index (χ0v) is 16.6. The Hall–Kier alpha value is -2.04. The first-order valence-corrected chi connectivity index (χ1v) is 9.87. The molecule has 0 saturated carbocycles. The number of hydrogen-bond donors (Lipinski definition) is 0. The minimum absolute atomic E-state index is 0.295. The van der Waals surface area contributed by atoms with Crippen LogP contribution in [0.5, 0.6) is 11.6 Å². The largest absolute Gasteiger partial charge is 0.439 e. The summed E-state index contributed by atoms with van der Waals surface area (Å²) < 4.78 is 5.97. The van der Waals surface area contributed by atoms with Gasteiger partial charge in [0.1, 0.15) is 5.75 Å². The van der Waals surface area contributed by atoms with Crippen molar-refractivity contribution in [3.8, 4) is 11.6 Å². The fraction of sp³-hybridized carbons (Fsp3) is 0.238. The molecule has 3 nitrogen and oxygen atoms in total. The highest BCUT2D eigenvalue weighted by atomic mass is 35.5. The van der Waals surface area contributed by atoms with E-state index >= 15 is 0 Å². The number of benzene rings is 2. The molecule has 0 radical (unpaired) electrons. The second kappa shape index (κ2) is 8.56. The van der Waals surface area contributed by atoms with Gasteiger partial charge in [-0.25, -0.2) is 4.98 Å². The summed E-state index contributed by atoms with van der Waals surface area (Å²) in [6.07, 6.45) is 0. The Morgan fingerprint density at radius 2 is 1.81 bits per heavy atom. The van der Waals surface area contributed by atoms with E-state index in [0.29, 0.717) is 11.8 Å². The standard InChI is InChI=1S/C21H21ClN2OS/c1-14(2)19-12-20(25-17-9-10-18(22)15(3)11-17)24-21(23-19)26-13-16-7-5-4-6-8-16/h4-12,14H,13H2,1-3H3. The van der Waals surface area contributed by atoms with Crippen molar-refractivity contribution in [2.45, 2.75) is 37.6 Å². The first kappa shape index (κ1) is 18.7. The highest BCUT2D eigenvalue weighted by Crippen LogP contribution is 2.29. The number of aromatic nitrogens is 2. The molecule has 0 fully saturated rings. The molecule has 5 heteroatoms. The molecule has 3 rings (SSSR count). The molecule has 3 aromatic rings. The maximum absolute atomic E-state index is 6.09. The van der Waals surface area contributed by atoms with Crippen molar-refractivity contribution in [1.82, 2.24) is 9.97 Å². The molecule has 0 aliphatic heterocycles. The lowest BCUT2D eigenvalue weighted by Gasteiger charge is -2.11. The highest BCUT2D eigenvalue weighted by molar-refractivity contribution is 7.98. The Labute approximate surface area is 163 Å². The minimum Gasteiger partial charge on any atom is -0.439 e. The number of thioether (sulfide) groups is 1. The average molecular weight is 385 g/mol. The van der Waals surface area contributed by atoms with Crippen LogP contribution in [-0.2, 0) is 5.75 Å². The van der Waals surface area contributed by atoms with E-state index < -0.39 is 0 Å². The fourth-order valence-electron chi connectivity index (χ4n) is 2.36. The molecule has 2 aromatic carbocycles. The van der Waals surface area contributed by atoms with Crippen LogP contribution in [0.25, 0.3) is 0 Å². The van der Waals surface area contributed by atoms with Crippen LogP contribution >= 0.6 is 23.4 Å². The predicted octanol–water partition coefficient (Wildman–Crippen LogP) is 6.65. The van der Waals surface area contributed by atoms with Gasteiger partial charge in [0.15, 0.2) is 5.16 Å². The predicted molar refractivity (Wildman–Crippen MR) is 108 cm³/mol. The van der Waals surface area contributed by atoms with E-state index in [1.165, 1.54) is 5.56 Å². The zero-order chi connectivity index (χ0) is 18.5. The van der Waals surface area contributed by atoms with Crippen LogP contribution in [0.1, 0.15) is 36.6 Å². The highest BCUT2D eigenvalue weighted by Gasteiger charge is 2.11. The zero-order valence-electron chi connectivity index (χ0n) is 15.1.